The third-order valence-corrected chi connectivity index (χ3v) is 8.66. The summed E-state index contributed by atoms with van der Waals surface area (Å²) >= 11 is 9.12. The Balaban J connectivity index is 2.10. The first-order valence-electron chi connectivity index (χ1n) is 12.4. The van der Waals surface area contributed by atoms with E-state index in [2.05, 4.69) is 21.2 Å². The average Bonchev–Trinajstić information content (AvgIpc) is 2.90. The Labute approximate surface area is 250 Å². The van der Waals surface area contributed by atoms with Gasteiger partial charge in [0, 0.05) is 17.1 Å². The topological polar surface area (TPSA) is 86.8 Å². The highest BCUT2D eigenvalue weighted by Crippen LogP contribution is 2.38. The molecule has 13 heteroatoms. The molecule has 0 radical (unpaired) electrons. The van der Waals surface area contributed by atoms with Crippen LogP contribution in [0.5, 0.6) is 0 Å². The molecule has 0 aliphatic carbocycles. The largest absolute Gasteiger partial charge is 0.417 e. The summed E-state index contributed by atoms with van der Waals surface area (Å²) in [6.07, 6.45) is -4.88. The lowest BCUT2D eigenvalue weighted by atomic mass is 10.1. The second-order valence-corrected chi connectivity index (χ2v) is 12.7. The van der Waals surface area contributed by atoms with Gasteiger partial charge in [0.05, 0.1) is 21.2 Å². The van der Waals surface area contributed by atoms with Gasteiger partial charge in [-0.1, -0.05) is 57.9 Å². The van der Waals surface area contributed by atoms with Crippen LogP contribution in [0.25, 0.3) is 0 Å². The number of amides is 2. The number of nitrogens with one attached hydrogen (secondary N) is 1. The molecule has 1 atom stereocenters. The van der Waals surface area contributed by atoms with Crippen LogP contribution in [0.2, 0.25) is 5.02 Å². The summed E-state index contributed by atoms with van der Waals surface area (Å²) in [7, 11) is -4.53. The number of carbonyl (C=O) groups is 2. The van der Waals surface area contributed by atoms with Crippen LogP contribution < -0.4 is 9.62 Å². The number of rotatable bonds is 10. The van der Waals surface area contributed by atoms with Crippen LogP contribution >= 0.6 is 27.5 Å². The maximum Gasteiger partial charge on any atom is 0.417 e. The Hall–Kier alpha value is -3.09. The Morgan fingerprint density at radius 2 is 1.59 bits per heavy atom. The Morgan fingerprint density at radius 1 is 0.976 bits per heavy atom. The van der Waals surface area contributed by atoms with Gasteiger partial charge in [0.2, 0.25) is 11.8 Å². The van der Waals surface area contributed by atoms with Crippen molar-refractivity contribution in [1.82, 2.24) is 10.2 Å². The van der Waals surface area contributed by atoms with Crippen LogP contribution in [0, 0.1) is 0 Å². The van der Waals surface area contributed by atoms with Crippen LogP contribution in [-0.4, -0.2) is 43.8 Å². The van der Waals surface area contributed by atoms with Crippen LogP contribution in [-0.2, 0) is 32.3 Å². The van der Waals surface area contributed by atoms with Crippen LogP contribution in [0.3, 0.4) is 0 Å². The van der Waals surface area contributed by atoms with Crippen molar-refractivity contribution >= 4 is 55.1 Å². The first kappa shape index (κ1) is 32.4. The summed E-state index contributed by atoms with van der Waals surface area (Å²) in [6.45, 7) is 4.05. The number of alkyl halides is 3. The number of sulfonamides is 1. The van der Waals surface area contributed by atoms with Gasteiger partial charge in [0.1, 0.15) is 12.6 Å². The van der Waals surface area contributed by atoms with Gasteiger partial charge in [-0.25, -0.2) is 8.42 Å². The number of halogens is 5. The number of hydrogen-bond acceptors (Lipinski definition) is 4. The smallest absolute Gasteiger partial charge is 0.352 e. The molecule has 0 saturated heterocycles. The zero-order chi connectivity index (χ0) is 30.5. The molecular formula is C28H28BrClF3N3O4S. The molecular weight excluding hydrogens is 647 g/mol. The number of nitrogens with zero attached hydrogens (tertiary/aromatic N) is 2. The Morgan fingerprint density at radius 3 is 2.15 bits per heavy atom. The molecule has 0 spiro atoms. The van der Waals surface area contributed by atoms with Crippen molar-refractivity contribution in [3.8, 4) is 0 Å². The highest BCUT2D eigenvalue weighted by atomic mass is 79.9. The third kappa shape index (κ3) is 8.23. The molecule has 0 fully saturated rings. The molecule has 3 aromatic rings. The van der Waals surface area contributed by atoms with E-state index in [-0.39, 0.29) is 17.5 Å². The maximum absolute atomic E-state index is 13.8. The van der Waals surface area contributed by atoms with E-state index in [4.69, 9.17) is 11.6 Å². The van der Waals surface area contributed by atoms with Gasteiger partial charge in [0.15, 0.2) is 0 Å². The monoisotopic (exact) mass is 673 g/mol. The van der Waals surface area contributed by atoms with E-state index in [0.29, 0.717) is 15.9 Å². The fourth-order valence-corrected chi connectivity index (χ4v) is 5.82. The molecule has 7 nitrogen and oxygen atoms in total. The molecule has 0 saturated carbocycles. The predicted octanol–water partition coefficient (Wildman–Crippen LogP) is 6.26. The molecule has 0 heterocycles. The molecule has 0 bridgehead atoms. The maximum atomic E-state index is 13.8. The lowest BCUT2D eigenvalue weighted by Crippen LogP contribution is -2.52. The van der Waals surface area contributed by atoms with Crippen molar-refractivity contribution in [3.05, 3.63) is 93.4 Å². The molecule has 0 aliphatic rings. The standard InChI is InChI=1S/C28H28BrClF3N3O4S/c1-18(2)34-27(38)19(3)35(16-20-9-11-21(29)12-10-20)26(37)17-36(41(39,40)23-7-5-4-6-8-23)22-13-14-25(30)24(15-22)28(31,32)33/h4-15,18-19H,16-17H2,1-3H3,(H,34,38). The summed E-state index contributed by atoms with van der Waals surface area (Å²) in [4.78, 5) is 27.7. The molecule has 3 aromatic carbocycles. The normalized spacial score (nSPS) is 12.6. The third-order valence-electron chi connectivity index (χ3n) is 6.02. The van der Waals surface area contributed by atoms with Crippen molar-refractivity contribution in [3.63, 3.8) is 0 Å². The summed E-state index contributed by atoms with van der Waals surface area (Å²) < 4.78 is 69.9. The van der Waals surface area contributed by atoms with Crippen molar-refractivity contribution in [2.45, 2.75) is 50.5 Å². The van der Waals surface area contributed by atoms with E-state index in [1.807, 2.05) is 0 Å². The summed E-state index contributed by atoms with van der Waals surface area (Å²) in [5.74, 6) is -1.28. The van der Waals surface area contributed by atoms with Crippen LogP contribution in [0.1, 0.15) is 31.9 Å². The van der Waals surface area contributed by atoms with Gasteiger partial charge in [-0.3, -0.25) is 13.9 Å². The highest BCUT2D eigenvalue weighted by molar-refractivity contribution is 9.10. The van der Waals surface area contributed by atoms with Gasteiger partial charge >= 0.3 is 6.18 Å². The zero-order valence-corrected chi connectivity index (χ0v) is 25.5. The van der Waals surface area contributed by atoms with Gasteiger partial charge in [0.25, 0.3) is 10.0 Å². The minimum absolute atomic E-state index is 0.0631. The second kappa shape index (κ2) is 13.3. The highest BCUT2D eigenvalue weighted by Gasteiger charge is 2.37. The Bertz CT molecular complexity index is 1490. The Kier molecular flexibility index (Phi) is 10.5. The number of anilines is 1. The first-order valence-corrected chi connectivity index (χ1v) is 15.0. The van der Waals surface area contributed by atoms with E-state index >= 15 is 0 Å². The number of hydrogen-bond donors (Lipinski definition) is 1. The SMILES string of the molecule is CC(C)NC(=O)C(C)N(Cc1ccc(Br)cc1)C(=O)CN(c1ccc(Cl)c(C(F)(F)F)c1)S(=O)(=O)c1ccccc1. The molecule has 0 aromatic heterocycles. The molecule has 1 N–H and O–H groups in total. The molecule has 0 aliphatic heterocycles. The molecule has 2 amide bonds. The number of benzene rings is 3. The quantitative estimate of drug-likeness (QED) is 0.275. The molecule has 3 rings (SSSR count). The van der Waals surface area contributed by atoms with E-state index in [1.54, 1.807) is 44.2 Å². The van der Waals surface area contributed by atoms with Gasteiger partial charge < -0.3 is 10.2 Å². The van der Waals surface area contributed by atoms with Gasteiger partial charge in [-0.2, -0.15) is 13.2 Å². The summed E-state index contributed by atoms with van der Waals surface area (Å²) in [5, 5.41) is 2.11. The van der Waals surface area contributed by atoms with Gasteiger partial charge in [-0.15, -0.1) is 0 Å². The summed E-state index contributed by atoms with van der Waals surface area (Å²) in [6, 6.07) is 15.3. The molecule has 41 heavy (non-hydrogen) atoms. The fourth-order valence-electron chi connectivity index (χ4n) is 3.91. The van der Waals surface area contributed by atoms with Crippen molar-refractivity contribution in [2.24, 2.45) is 0 Å². The lowest BCUT2D eigenvalue weighted by molar-refractivity contribution is -0.139. The van der Waals surface area contributed by atoms with E-state index in [1.165, 1.54) is 36.1 Å². The minimum atomic E-state index is -4.88. The second-order valence-electron chi connectivity index (χ2n) is 9.47. The van der Waals surface area contributed by atoms with Crippen LogP contribution in [0.4, 0.5) is 18.9 Å². The van der Waals surface area contributed by atoms with Gasteiger partial charge in [-0.05, 0) is 68.8 Å². The van der Waals surface area contributed by atoms with Crippen molar-refractivity contribution in [2.75, 3.05) is 10.8 Å². The summed E-state index contributed by atoms with van der Waals surface area (Å²) in [5.41, 5.74) is -1.02. The molecule has 220 valence electrons. The van der Waals surface area contributed by atoms with Crippen molar-refractivity contribution < 1.29 is 31.2 Å². The van der Waals surface area contributed by atoms with E-state index in [0.717, 1.165) is 16.6 Å². The first-order chi connectivity index (χ1) is 19.1. The predicted molar refractivity (Wildman–Crippen MR) is 155 cm³/mol. The molecule has 1 unspecified atom stereocenters. The minimum Gasteiger partial charge on any atom is -0.352 e. The average molecular weight is 675 g/mol. The zero-order valence-electron chi connectivity index (χ0n) is 22.3. The van der Waals surface area contributed by atoms with Crippen molar-refractivity contribution in [1.29, 1.82) is 0 Å². The van der Waals surface area contributed by atoms with E-state index < -0.39 is 56.9 Å². The van der Waals surface area contributed by atoms with E-state index in [9.17, 15) is 31.2 Å². The van der Waals surface area contributed by atoms with Crippen LogP contribution in [0.15, 0.2) is 82.2 Å². The lowest BCUT2D eigenvalue weighted by Gasteiger charge is -2.32. The number of carbonyl (C=O) groups excluding carboxylic acids is 2. The fraction of sp³-hybridized carbons (Fsp3) is 0.286.